The summed E-state index contributed by atoms with van der Waals surface area (Å²) in [5.41, 5.74) is -0.637. The summed E-state index contributed by atoms with van der Waals surface area (Å²) in [6, 6.07) is 4.42. The van der Waals surface area contributed by atoms with Gasteiger partial charge in [-0.05, 0) is 32.9 Å². The Bertz CT molecular complexity index is 501. The van der Waals surface area contributed by atoms with E-state index in [9.17, 15) is 9.59 Å². The largest absolute Gasteiger partial charge is 0.492 e. The molecule has 1 aromatic carbocycles. The zero-order chi connectivity index (χ0) is 15.3. The molecule has 1 N–H and O–H groups in total. The Balaban J connectivity index is 2.81. The van der Waals surface area contributed by atoms with Crippen LogP contribution in [-0.4, -0.2) is 36.4 Å². The Morgan fingerprint density at radius 1 is 1.25 bits per heavy atom. The van der Waals surface area contributed by atoms with Crippen molar-refractivity contribution >= 4 is 11.9 Å². The number of esters is 1. The van der Waals surface area contributed by atoms with Gasteiger partial charge in [-0.3, -0.25) is 0 Å². The fourth-order valence-electron chi connectivity index (χ4n) is 1.52. The minimum atomic E-state index is -1.13. The van der Waals surface area contributed by atoms with Gasteiger partial charge in [0.15, 0.2) is 18.1 Å². The number of methoxy groups -OCH3 is 1. The number of para-hydroxylation sites is 1. The first-order chi connectivity index (χ1) is 9.24. The van der Waals surface area contributed by atoms with Crippen LogP contribution in [0.5, 0.6) is 11.5 Å². The molecular weight excluding hydrogens is 264 g/mol. The molecule has 1 aromatic rings. The zero-order valence-electron chi connectivity index (χ0n) is 11.9. The third-order valence-electron chi connectivity index (χ3n) is 2.18. The van der Waals surface area contributed by atoms with E-state index in [4.69, 9.17) is 19.3 Å². The lowest BCUT2D eigenvalue weighted by atomic mass is 10.2. The summed E-state index contributed by atoms with van der Waals surface area (Å²) in [6.07, 6.45) is 0. The van der Waals surface area contributed by atoms with Gasteiger partial charge in [0, 0.05) is 0 Å². The number of rotatable bonds is 5. The Kier molecular flexibility index (Phi) is 4.96. The summed E-state index contributed by atoms with van der Waals surface area (Å²) in [5.74, 6) is -1.42. The van der Waals surface area contributed by atoms with Gasteiger partial charge in [-0.2, -0.15) is 0 Å². The molecule has 110 valence electrons. The SMILES string of the molecule is COc1c(OCC(=O)OC(C)(C)C)cccc1C(=O)O. The molecule has 6 heteroatoms. The van der Waals surface area contributed by atoms with E-state index >= 15 is 0 Å². The topological polar surface area (TPSA) is 82.1 Å². The Hall–Kier alpha value is -2.24. The van der Waals surface area contributed by atoms with Crippen LogP contribution < -0.4 is 9.47 Å². The van der Waals surface area contributed by atoms with Crippen LogP contribution in [0.2, 0.25) is 0 Å². The van der Waals surface area contributed by atoms with Crippen molar-refractivity contribution in [1.29, 1.82) is 0 Å². The molecule has 0 aliphatic carbocycles. The summed E-state index contributed by atoms with van der Waals surface area (Å²) in [7, 11) is 1.34. The van der Waals surface area contributed by atoms with E-state index in [0.717, 1.165) is 0 Å². The first-order valence-corrected chi connectivity index (χ1v) is 5.99. The van der Waals surface area contributed by atoms with E-state index in [1.54, 1.807) is 20.8 Å². The number of carboxylic acids is 1. The van der Waals surface area contributed by atoms with Gasteiger partial charge in [-0.25, -0.2) is 9.59 Å². The molecule has 0 unspecified atom stereocenters. The minimum absolute atomic E-state index is 0.0332. The average Bonchev–Trinajstić information content (AvgIpc) is 2.33. The maximum atomic E-state index is 11.5. The van der Waals surface area contributed by atoms with Crippen LogP contribution in [0.1, 0.15) is 31.1 Å². The third kappa shape index (κ3) is 4.46. The van der Waals surface area contributed by atoms with Crippen molar-refractivity contribution in [3.8, 4) is 11.5 Å². The number of benzene rings is 1. The van der Waals surface area contributed by atoms with Crippen molar-refractivity contribution < 1.29 is 28.9 Å². The van der Waals surface area contributed by atoms with Gasteiger partial charge < -0.3 is 19.3 Å². The molecule has 0 radical (unpaired) electrons. The predicted octanol–water partition coefficient (Wildman–Crippen LogP) is 2.11. The lowest BCUT2D eigenvalue weighted by molar-refractivity contribution is -0.157. The molecule has 1 rings (SSSR count). The first-order valence-electron chi connectivity index (χ1n) is 5.99. The summed E-state index contributed by atoms with van der Waals surface area (Å²) in [4.78, 5) is 22.6. The fourth-order valence-corrected chi connectivity index (χ4v) is 1.52. The highest BCUT2D eigenvalue weighted by Crippen LogP contribution is 2.31. The van der Waals surface area contributed by atoms with Crippen LogP contribution in [0.25, 0.3) is 0 Å². The number of carbonyl (C=O) groups is 2. The summed E-state index contributed by atoms with van der Waals surface area (Å²) in [6.45, 7) is 4.92. The highest BCUT2D eigenvalue weighted by molar-refractivity contribution is 5.92. The second-order valence-electron chi connectivity index (χ2n) is 5.02. The van der Waals surface area contributed by atoms with Crippen molar-refractivity contribution in [2.24, 2.45) is 0 Å². The molecule has 0 heterocycles. The number of carboxylic acid groups (broad SMARTS) is 1. The number of carbonyl (C=O) groups excluding carboxylic acids is 1. The highest BCUT2D eigenvalue weighted by Gasteiger charge is 2.19. The van der Waals surface area contributed by atoms with Crippen LogP contribution >= 0.6 is 0 Å². The Morgan fingerprint density at radius 2 is 1.90 bits per heavy atom. The van der Waals surface area contributed by atoms with Crippen LogP contribution in [-0.2, 0) is 9.53 Å². The molecule has 0 saturated carbocycles. The van der Waals surface area contributed by atoms with Gasteiger partial charge in [-0.1, -0.05) is 6.07 Å². The number of hydrogen-bond acceptors (Lipinski definition) is 5. The molecule has 0 aromatic heterocycles. The van der Waals surface area contributed by atoms with Crippen LogP contribution in [0.4, 0.5) is 0 Å². The van der Waals surface area contributed by atoms with E-state index in [0.29, 0.717) is 0 Å². The first kappa shape index (κ1) is 15.8. The Morgan fingerprint density at radius 3 is 2.40 bits per heavy atom. The van der Waals surface area contributed by atoms with E-state index in [2.05, 4.69) is 0 Å². The van der Waals surface area contributed by atoms with Crippen molar-refractivity contribution in [1.82, 2.24) is 0 Å². The highest BCUT2D eigenvalue weighted by atomic mass is 16.6. The summed E-state index contributed by atoms with van der Waals surface area (Å²) >= 11 is 0. The van der Waals surface area contributed by atoms with E-state index in [1.165, 1.54) is 25.3 Å². The molecule has 0 bridgehead atoms. The molecule has 0 aliphatic rings. The second-order valence-corrected chi connectivity index (χ2v) is 5.02. The van der Waals surface area contributed by atoms with Crippen LogP contribution in [0, 0.1) is 0 Å². The van der Waals surface area contributed by atoms with Gasteiger partial charge in [0.1, 0.15) is 11.2 Å². The molecule has 0 atom stereocenters. The molecule has 0 fully saturated rings. The van der Waals surface area contributed by atoms with E-state index in [1.807, 2.05) is 0 Å². The number of aromatic carboxylic acids is 1. The van der Waals surface area contributed by atoms with Gasteiger partial charge in [0.25, 0.3) is 0 Å². The predicted molar refractivity (Wildman–Crippen MR) is 71.3 cm³/mol. The standard InChI is InChI=1S/C14H18O6/c1-14(2,3)20-11(15)8-19-10-7-5-6-9(13(16)17)12(10)18-4/h5-7H,8H2,1-4H3,(H,16,17). The summed E-state index contributed by atoms with van der Waals surface area (Å²) < 4.78 is 15.4. The normalized spacial score (nSPS) is 10.8. The molecule has 0 aliphatic heterocycles. The van der Waals surface area contributed by atoms with E-state index < -0.39 is 17.5 Å². The minimum Gasteiger partial charge on any atom is -0.492 e. The average molecular weight is 282 g/mol. The van der Waals surface area contributed by atoms with Gasteiger partial charge in [0.05, 0.1) is 7.11 Å². The number of hydrogen-bond donors (Lipinski definition) is 1. The lowest BCUT2D eigenvalue weighted by Gasteiger charge is -2.20. The van der Waals surface area contributed by atoms with Gasteiger partial charge in [0.2, 0.25) is 0 Å². The molecule has 0 saturated heterocycles. The van der Waals surface area contributed by atoms with E-state index in [-0.39, 0.29) is 23.7 Å². The van der Waals surface area contributed by atoms with Crippen LogP contribution in [0.3, 0.4) is 0 Å². The second kappa shape index (κ2) is 6.27. The fraction of sp³-hybridized carbons (Fsp3) is 0.429. The van der Waals surface area contributed by atoms with Crippen LogP contribution in [0.15, 0.2) is 18.2 Å². The third-order valence-corrected chi connectivity index (χ3v) is 2.18. The molecule has 0 spiro atoms. The van der Waals surface area contributed by atoms with Gasteiger partial charge >= 0.3 is 11.9 Å². The molecule has 0 amide bonds. The summed E-state index contributed by atoms with van der Waals surface area (Å²) in [5, 5.41) is 9.02. The maximum Gasteiger partial charge on any atom is 0.344 e. The molecule has 6 nitrogen and oxygen atoms in total. The van der Waals surface area contributed by atoms with Crippen molar-refractivity contribution in [2.45, 2.75) is 26.4 Å². The lowest BCUT2D eigenvalue weighted by Crippen LogP contribution is -2.27. The number of ether oxygens (including phenoxy) is 3. The zero-order valence-corrected chi connectivity index (χ0v) is 11.9. The molecule has 20 heavy (non-hydrogen) atoms. The smallest absolute Gasteiger partial charge is 0.344 e. The quantitative estimate of drug-likeness (QED) is 0.833. The van der Waals surface area contributed by atoms with Crippen molar-refractivity contribution in [2.75, 3.05) is 13.7 Å². The Labute approximate surface area is 117 Å². The molecular formula is C14H18O6. The van der Waals surface area contributed by atoms with Crippen molar-refractivity contribution in [3.63, 3.8) is 0 Å². The van der Waals surface area contributed by atoms with Gasteiger partial charge in [-0.15, -0.1) is 0 Å². The monoisotopic (exact) mass is 282 g/mol. The van der Waals surface area contributed by atoms with Crippen molar-refractivity contribution in [3.05, 3.63) is 23.8 Å². The maximum absolute atomic E-state index is 11.5.